The number of rotatable bonds is 14. The molecule has 0 aliphatic carbocycles. The van der Waals surface area contributed by atoms with Crippen molar-refractivity contribution in [2.24, 2.45) is 0 Å². The maximum absolute atomic E-state index is 6.71. The smallest absolute Gasteiger partial charge is 0.115 e. The summed E-state index contributed by atoms with van der Waals surface area (Å²) in [6.07, 6.45) is -0.753. The second-order valence-corrected chi connectivity index (χ2v) is 10.4. The molecule has 0 radical (unpaired) electrons. The quantitative estimate of drug-likeness (QED) is 0.166. The van der Waals surface area contributed by atoms with Gasteiger partial charge in [-0.25, -0.2) is 0 Å². The van der Waals surface area contributed by atoms with Crippen molar-refractivity contribution in [3.05, 3.63) is 144 Å². The van der Waals surface area contributed by atoms with Crippen LogP contribution in [-0.2, 0) is 50.1 Å². The number of hydrogen-bond donors (Lipinski definition) is 0. The molecule has 1 fully saturated rings. The van der Waals surface area contributed by atoms with Gasteiger partial charge >= 0.3 is 0 Å². The SMILES string of the molecule is CC[C@@H]1O[C@H](COCc2ccccc2)[C@H](OCc2ccccc2)[C@H](OCc2ccccc2)[C@H]1OCc1ccccc1. The molecule has 1 saturated heterocycles. The molecule has 5 heteroatoms. The molecule has 0 N–H and O–H groups in total. The van der Waals surface area contributed by atoms with E-state index < -0.39 is 6.10 Å². The lowest BCUT2D eigenvalue weighted by Crippen LogP contribution is -2.61. The van der Waals surface area contributed by atoms with Gasteiger partial charge in [0, 0.05) is 0 Å². The molecular weight excluding hydrogens is 512 g/mol. The molecule has 0 aromatic heterocycles. The molecule has 1 aliphatic heterocycles. The summed E-state index contributed by atoms with van der Waals surface area (Å²) < 4.78 is 32.9. The molecular formula is C36H40O5. The highest BCUT2D eigenvalue weighted by Crippen LogP contribution is 2.32. The second-order valence-electron chi connectivity index (χ2n) is 10.4. The van der Waals surface area contributed by atoms with Crippen LogP contribution in [0.15, 0.2) is 121 Å². The van der Waals surface area contributed by atoms with E-state index in [0.29, 0.717) is 33.0 Å². The zero-order chi connectivity index (χ0) is 28.1. The van der Waals surface area contributed by atoms with Crippen LogP contribution in [0.3, 0.4) is 0 Å². The minimum absolute atomic E-state index is 0.165. The van der Waals surface area contributed by atoms with Crippen LogP contribution in [-0.4, -0.2) is 37.1 Å². The van der Waals surface area contributed by atoms with E-state index in [9.17, 15) is 0 Å². The predicted molar refractivity (Wildman–Crippen MR) is 160 cm³/mol. The Morgan fingerprint density at radius 1 is 0.463 bits per heavy atom. The molecule has 0 unspecified atom stereocenters. The monoisotopic (exact) mass is 552 g/mol. The minimum Gasteiger partial charge on any atom is -0.374 e. The van der Waals surface area contributed by atoms with Gasteiger partial charge < -0.3 is 23.7 Å². The second kappa shape index (κ2) is 15.6. The molecule has 5 nitrogen and oxygen atoms in total. The van der Waals surface area contributed by atoms with Crippen LogP contribution in [0, 0.1) is 0 Å². The fourth-order valence-electron chi connectivity index (χ4n) is 5.21. The first-order chi connectivity index (χ1) is 20.3. The van der Waals surface area contributed by atoms with E-state index in [2.05, 4.69) is 55.5 Å². The Labute approximate surface area is 244 Å². The van der Waals surface area contributed by atoms with Crippen molar-refractivity contribution in [3.63, 3.8) is 0 Å². The van der Waals surface area contributed by atoms with Gasteiger partial charge in [-0.3, -0.25) is 0 Å². The van der Waals surface area contributed by atoms with E-state index in [1.165, 1.54) is 0 Å². The molecule has 1 heterocycles. The average Bonchev–Trinajstić information content (AvgIpc) is 3.04. The van der Waals surface area contributed by atoms with Gasteiger partial charge in [0.05, 0.1) is 39.1 Å². The Morgan fingerprint density at radius 2 is 0.829 bits per heavy atom. The Morgan fingerprint density at radius 3 is 1.24 bits per heavy atom. The van der Waals surface area contributed by atoms with Crippen LogP contribution in [0.1, 0.15) is 35.6 Å². The van der Waals surface area contributed by atoms with Gasteiger partial charge in [0.2, 0.25) is 0 Å². The zero-order valence-electron chi connectivity index (χ0n) is 23.7. The molecule has 5 rings (SSSR count). The van der Waals surface area contributed by atoms with E-state index in [1.54, 1.807) is 0 Å². The van der Waals surface area contributed by atoms with E-state index in [0.717, 1.165) is 28.7 Å². The van der Waals surface area contributed by atoms with Crippen molar-refractivity contribution in [1.82, 2.24) is 0 Å². The fraction of sp³-hybridized carbons (Fsp3) is 0.333. The third kappa shape index (κ3) is 8.59. The molecule has 1 aliphatic rings. The summed E-state index contributed by atoms with van der Waals surface area (Å²) in [4.78, 5) is 0. The fourth-order valence-corrected chi connectivity index (χ4v) is 5.21. The van der Waals surface area contributed by atoms with Gasteiger partial charge in [-0.15, -0.1) is 0 Å². The molecule has 0 bridgehead atoms. The van der Waals surface area contributed by atoms with Crippen molar-refractivity contribution in [2.45, 2.75) is 70.3 Å². The number of ether oxygens (including phenoxy) is 5. The highest BCUT2D eigenvalue weighted by molar-refractivity contribution is 5.16. The largest absolute Gasteiger partial charge is 0.374 e. The average molecular weight is 553 g/mol. The first-order valence-electron chi connectivity index (χ1n) is 14.5. The molecule has 4 aromatic carbocycles. The summed E-state index contributed by atoms with van der Waals surface area (Å²) in [5.41, 5.74) is 4.43. The summed E-state index contributed by atoms with van der Waals surface area (Å²) in [5, 5.41) is 0. The Balaban J connectivity index is 1.38. The van der Waals surface area contributed by atoms with Crippen molar-refractivity contribution < 1.29 is 23.7 Å². The Bertz CT molecular complexity index is 1250. The highest BCUT2D eigenvalue weighted by atomic mass is 16.6. The maximum atomic E-state index is 6.71. The molecule has 0 amide bonds. The van der Waals surface area contributed by atoms with Gasteiger partial charge in [-0.05, 0) is 28.7 Å². The zero-order valence-corrected chi connectivity index (χ0v) is 23.7. The molecule has 0 saturated carbocycles. The van der Waals surface area contributed by atoms with Crippen LogP contribution in [0.25, 0.3) is 0 Å². The third-order valence-electron chi connectivity index (χ3n) is 7.38. The van der Waals surface area contributed by atoms with Gasteiger partial charge in [0.25, 0.3) is 0 Å². The first-order valence-corrected chi connectivity index (χ1v) is 14.5. The van der Waals surface area contributed by atoms with Crippen molar-refractivity contribution >= 4 is 0 Å². The van der Waals surface area contributed by atoms with Crippen LogP contribution in [0.5, 0.6) is 0 Å². The van der Waals surface area contributed by atoms with Crippen LogP contribution in [0.4, 0.5) is 0 Å². The van der Waals surface area contributed by atoms with E-state index in [-0.39, 0.29) is 24.4 Å². The Kier molecular flexibility index (Phi) is 11.1. The van der Waals surface area contributed by atoms with Gasteiger partial charge in [-0.1, -0.05) is 128 Å². The highest BCUT2D eigenvalue weighted by Gasteiger charge is 2.47. The molecule has 4 aromatic rings. The summed E-state index contributed by atoms with van der Waals surface area (Å²) in [7, 11) is 0. The lowest BCUT2D eigenvalue weighted by Gasteiger charge is -2.46. The third-order valence-corrected chi connectivity index (χ3v) is 7.38. The lowest BCUT2D eigenvalue weighted by molar-refractivity contribution is -0.272. The molecule has 41 heavy (non-hydrogen) atoms. The topological polar surface area (TPSA) is 46.2 Å². The lowest BCUT2D eigenvalue weighted by atomic mass is 9.92. The van der Waals surface area contributed by atoms with Crippen molar-refractivity contribution in [1.29, 1.82) is 0 Å². The normalized spacial score (nSPS) is 22.4. The van der Waals surface area contributed by atoms with Crippen LogP contribution >= 0.6 is 0 Å². The predicted octanol–water partition coefficient (Wildman–Crippen LogP) is 7.14. The Hall–Kier alpha value is -3.32. The van der Waals surface area contributed by atoms with Crippen molar-refractivity contribution in [3.8, 4) is 0 Å². The summed E-state index contributed by atoms with van der Waals surface area (Å²) in [5.74, 6) is 0. The van der Waals surface area contributed by atoms with Gasteiger partial charge in [0.1, 0.15) is 24.4 Å². The molecule has 214 valence electrons. The maximum Gasteiger partial charge on any atom is 0.115 e. The summed E-state index contributed by atoms with van der Waals surface area (Å²) in [6.45, 7) is 4.39. The molecule has 0 spiro atoms. The van der Waals surface area contributed by atoms with E-state index in [1.807, 2.05) is 72.8 Å². The number of hydrogen-bond acceptors (Lipinski definition) is 5. The van der Waals surface area contributed by atoms with Gasteiger partial charge in [-0.2, -0.15) is 0 Å². The summed E-state index contributed by atoms with van der Waals surface area (Å²) in [6, 6.07) is 40.9. The van der Waals surface area contributed by atoms with E-state index >= 15 is 0 Å². The van der Waals surface area contributed by atoms with Crippen LogP contribution < -0.4 is 0 Å². The molecule has 5 atom stereocenters. The van der Waals surface area contributed by atoms with Gasteiger partial charge in [0.15, 0.2) is 0 Å². The summed E-state index contributed by atoms with van der Waals surface area (Å²) >= 11 is 0. The van der Waals surface area contributed by atoms with Crippen molar-refractivity contribution in [2.75, 3.05) is 6.61 Å². The van der Waals surface area contributed by atoms with Crippen LogP contribution in [0.2, 0.25) is 0 Å². The standard InChI is InChI=1S/C36H40O5/c1-2-32-34(38-24-29-17-9-4-10-18-29)36(40-26-31-21-13-6-14-22-31)35(39-25-30-19-11-5-12-20-30)33(41-32)27-37-23-28-15-7-3-8-16-28/h3-22,32-36H,2,23-27H2,1H3/t32-,33+,34-,35-,36+/m0/s1. The number of benzene rings is 4. The van der Waals surface area contributed by atoms with E-state index in [4.69, 9.17) is 23.7 Å². The minimum atomic E-state index is -0.390. The first kappa shape index (κ1) is 29.2.